The Morgan fingerprint density at radius 3 is 2.73 bits per heavy atom. The average molecular weight is 359 g/mol. The van der Waals surface area contributed by atoms with Crippen molar-refractivity contribution in [3.8, 4) is 0 Å². The molecule has 4 rings (SSSR count). The second-order valence-electron chi connectivity index (χ2n) is 7.95. The van der Waals surface area contributed by atoms with Gasteiger partial charge in [-0.2, -0.15) is 0 Å². The van der Waals surface area contributed by atoms with E-state index in [1.54, 1.807) is 0 Å². The molecule has 1 aromatic rings. The Morgan fingerprint density at radius 1 is 1.31 bits per heavy atom. The molecule has 0 radical (unpaired) electrons. The van der Waals surface area contributed by atoms with Crippen LogP contribution in [0.15, 0.2) is 30.3 Å². The molecule has 0 unspecified atom stereocenters. The molecule has 2 saturated heterocycles. The third kappa shape index (κ3) is 3.53. The summed E-state index contributed by atoms with van der Waals surface area (Å²) >= 11 is 0. The highest BCUT2D eigenvalue weighted by molar-refractivity contribution is 5.66. The molecule has 0 aromatic heterocycles. The highest BCUT2D eigenvalue weighted by Crippen LogP contribution is 2.47. The van der Waals surface area contributed by atoms with Crippen molar-refractivity contribution in [1.29, 1.82) is 0 Å². The van der Waals surface area contributed by atoms with Gasteiger partial charge in [0.2, 0.25) is 0 Å². The summed E-state index contributed by atoms with van der Waals surface area (Å²) in [5.41, 5.74) is 1.29. The normalized spacial score (nSPS) is 31.7. The molecule has 0 amide bonds. The van der Waals surface area contributed by atoms with Gasteiger partial charge in [-0.25, -0.2) is 0 Å². The van der Waals surface area contributed by atoms with E-state index in [9.17, 15) is 4.79 Å². The molecule has 1 spiro atoms. The molecular weight excluding hydrogens is 330 g/mol. The van der Waals surface area contributed by atoms with E-state index >= 15 is 0 Å². The lowest BCUT2D eigenvalue weighted by atomic mass is 9.81. The van der Waals surface area contributed by atoms with Gasteiger partial charge in [0.05, 0.1) is 13.2 Å². The van der Waals surface area contributed by atoms with Gasteiger partial charge in [-0.3, -0.25) is 9.69 Å². The second kappa shape index (κ2) is 7.29. The minimum Gasteiger partial charge on any atom is -0.461 e. The lowest BCUT2D eigenvalue weighted by molar-refractivity contribution is -0.193. The quantitative estimate of drug-likeness (QED) is 0.773. The van der Waals surface area contributed by atoms with Crippen LogP contribution < -0.4 is 0 Å². The summed E-state index contributed by atoms with van der Waals surface area (Å²) in [6, 6.07) is 11.2. The van der Waals surface area contributed by atoms with Crippen molar-refractivity contribution in [2.45, 2.75) is 70.1 Å². The molecule has 142 valence electrons. The highest BCUT2D eigenvalue weighted by atomic mass is 16.7. The fourth-order valence-electron chi connectivity index (χ4n) is 5.13. The highest BCUT2D eigenvalue weighted by Gasteiger charge is 2.52. The van der Waals surface area contributed by atoms with Gasteiger partial charge in [-0.15, -0.1) is 0 Å². The molecule has 0 bridgehead atoms. The van der Waals surface area contributed by atoms with Crippen molar-refractivity contribution >= 4 is 5.97 Å². The zero-order chi connectivity index (χ0) is 18.1. The first-order chi connectivity index (χ1) is 12.6. The number of likely N-dealkylation sites (tertiary alicyclic amines) is 1. The van der Waals surface area contributed by atoms with Gasteiger partial charge >= 0.3 is 5.97 Å². The van der Waals surface area contributed by atoms with E-state index in [1.165, 1.54) is 12.5 Å². The van der Waals surface area contributed by atoms with Crippen LogP contribution in [0.5, 0.6) is 0 Å². The predicted octanol–water partition coefficient (Wildman–Crippen LogP) is 3.12. The minimum atomic E-state index is -0.393. The first-order valence-corrected chi connectivity index (χ1v) is 9.81. The third-order valence-electron chi connectivity index (χ3n) is 6.27. The largest absolute Gasteiger partial charge is 0.461 e. The standard InChI is InChI=1S/C21H29NO4/c1-15(26-16(2)23)19-12-18-8-9-21(24-10-11-25-21)13-20(18)22(19)14-17-6-4-3-5-7-17/h3-7,15,18-20H,8-14H2,1-2H3/t15-,18+,19+,20+/m1/s1. The van der Waals surface area contributed by atoms with Gasteiger partial charge in [-0.05, 0) is 31.2 Å². The maximum Gasteiger partial charge on any atom is 0.302 e. The summed E-state index contributed by atoms with van der Waals surface area (Å²) in [6.07, 6.45) is 3.96. The fourth-order valence-corrected chi connectivity index (χ4v) is 5.13. The summed E-state index contributed by atoms with van der Waals surface area (Å²) in [5.74, 6) is 0.0152. The Morgan fingerprint density at radius 2 is 2.04 bits per heavy atom. The molecule has 3 fully saturated rings. The Balaban J connectivity index is 1.57. The summed E-state index contributed by atoms with van der Waals surface area (Å²) in [6.45, 7) is 5.79. The van der Waals surface area contributed by atoms with Gasteiger partial charge < -0.3 is 14.2 Å². The topological polar surface area (TPSA) is 48.0 Å². The van der Waals surface area contributed by atoms with E-state index in [2.05, 4.69) is 29.2 Å². The number of nitrogens with zero attached hydrogens (tertiary/aromatic N) is 1. The minimum absolute atomic E-state index is 0.108. The Hall–Kier alpha value is -1.43. The average Bonchev–Trinajstić information content (AvgIpc) is 3.21. The number of hydrogen-bond donors (Lipinski definition) is 0. The van der Waals surface area contributed by atoms with E-state index in [0.29, 0.717) is 25.2 Å². The molecule has 5 nitrogen and oxygen atoms in total. The fraction of sp³-hybridized carbons (Fsp3) is 0.667. The van der Waals surface area contributed by atoms with Crippen molar-refractivity contribution in [1.82, 2.24) is 4.90 Å². The molecule has 5 heteroatoms. The monoisotopic (exact) mass is 359 g/mol. The number of esters is 1. The molecule has 2 heterocycles. The summed E-state index contributed by atoms with van der Waals surface area (Å²) in [4.78, 5) is 14.1. The van der Waals surface area contributed by atoms with Crippen molar-refractivity contribution in [2.24, 2.45) is 5.92 Å². The second-order valence-corrected chi connectivity index (χ2v) is 7.95. The zero-order valence-corrected chi connectivity index (χ0v) is 15.7. The van der Waals surface area contributed by atoms with Gasteiger partial charge in [0.1, 0.15) is 6.10 Å². The first kappa shape index (κ1) is 18.0. The molecule has 1 aliphatic carbocycles. The van der Waals surface area contributed by atoms with Gasteiger partial charge in [0, 0.05) is 38.4 Å². The van der Waals surface area contributed by atoms with E-state index in [1.807, 2.05) is 13.0 Å². The molecule has 0 N–H and O–H groups in total. The molecule has 4 atom stereocenters. The maximum atomic E-state index is 11.5. The molecule has 26 heavy (non-hydrogen) atoms. The van der Waals surface area contributed by atoms with Gasteiger partial charge in [-0.1, -0.05) is 30.3 Å². The molecular formula is C21H29NO4. The van der Waals surface area contributed by atoms with E-state index in [0.717, 1.165) is 32.2 Å². The molecule has 3 aliphatic rings. The summed E-state index contributed by atoms with van der Waals surface area (Å²) in [5, 5.41) is 0. The zero-order valence-electron chi connectivity index (χ0n) is 15.7. The van der Waals surface area contributed by atoms with Crippen molar-refractivity contribution < 1.29 is 19.0 Å². The van der Waals surface area contributed by atoms with Crippen molar-refractivity contribution in [3.63, 3.8) is 0 Å². The van der Waals surface area contributed by atoms with Gasteiger partial charge in [0.25, 0.3) is 0 Å². The van der Waals surface area contributed by atoms with Crippen LogP contribution in [-0.4, -0.2) is 48.1 Å². The smallest absolute Gasteiger partial charge is 0.302 e. The SMILES string of the molecule is CC(=O)O[C@H](C)[C@@H]1C[C@@H]2CCC3(C[C@@H]2N1Cc1ccccc1)OCCO3. The molecule has 1 saturated carbocycles. The lowest BCUT2D eigenvalue weighted by Gasteiger charge is -2.42. The van der Waals surface area contributed by atoms with Crippen LogP contribution >= 0.6 is 0 Å². The Kier molecular flexibility index (Phi) is 5.04. The third-order valence-corrected chi connectivity index (χ3v) is 6.27. The van der Waals surface area contributed by atoms with Crippen molar-refractivity contribution in [2.75, 3.05) is 13.2 Å². The number of fused-ring (bicyclic) bond motifs is 1. The summed E-state index contributed by atoms with van der Waals surface area (Å²) in [7, 11) is 0. The van der Waals surface area contributed by atoms with Crippen LogP contribution in [0, 0.1) is 5.92 Å². The lowest BCUT2D eigenvalue weighted by Crippen LogP contribution is -2.49. The van der Waals surface area contributed by atoms with E-state index in [4.69, 9.17) is 14.2 Å². The number of carbonyl (C=O) groups is 1. The number of carbonyl (C=O) groups excluding carboxylic acids is 1. The number of rotatable bonds is 4. The Bertz CT molecular complexity index is 628. The van der Waals surface area contributed by atoms with Crippen LogP contribution in [0.1, 0.15) is 45.1 Å². The Labute approximate surface area is 155 Å². The van der Waals surface area contributed by atoms with E-state index < -0.39 is 5.79 Å². The summed E-state index contributed by atoms with van der Waals surface area (Å²) < 4.78 is 17.6. The maximum absolute atomic E-state index is 11.5. The predicted molar refractivity (Wildman–Crippen MR) is 97.4 cm³/mol. The van der Waals surface area contributed by atoms with Gasteiger partial charge in [0.15, 0.2) is 5.79 Å². The van der Waals surface area contributed by atoms with E-state index in [-0.39, 0.29) is 18.1 Å². The van der Waals surface area contributed by atoms with Crippen molar-refractivity contribution in [3.05, 3.63) is 35.9 Å². The number of benzene rings is 1. The van der Waals surface area contributed by atoms with Crippen LogP contribution in [-0.2, 0) is 25.5 Å². The van der Waals surface area contributed by atoms with Crippen LogP contribution in [0.3, 0.4) is 0 Å². The number of hydrogen-bond acceptors (Lipinski definition) is 5. The van der Waals surface area contributed by atoms with Crippen LogP contribution in [0.25, 0.3) is 0 Å². The van der Waals surface area contributed by atoms with Crippen LogP contribution in [0.2, 0.25) is 0 Å². The number of ether oxygens (including phenoxy) is 3. The first-order valence-electron chi connectivity index (χ1n) is 9.81. The molecule has 2 aliphatic heterocycles. The van der Waals surface area contributed by atoms with Crippen LogP contribution in [0.4, 0.5) is 0 Å². The molecule has 1 aromatic carbocycles.